The molecular formula is C29H41NO2. The second-order valence-electron chi connectivity index (χ2n) is 10.9. The van der Waals surface area contributed by atoms with Gasteiger partial charge in [-0.25, -0.2) is 0 Å². The highest BCUT2D eigenvalue weighted by Crippen LogP contribution is 2.57. The van der Waals surface area contributed by atoms with Crippen LogP contribution < -0.4 is 14.8 Å². The number of rotatable bonds is 7. The smallest absolute Gasteiger partial charge is 0.161 e. The molecule has 0 bridgehead atoms. The van der Waals surface area contributed by atoms with E-state index < -0.39 is 0 Å². The van der Waals surface area contributed by atoms with Gasteiger partial charge in [-0.15, -0.1) is 0 Å². The molecular weight excluding hydrogens is 394 g/mol. The van der Waals surface area contributed by atoms with E-state index in [0.29, 0.717) is 16.7 Å². The molecule has 1 N–H and O–H groups in total. The highest BCUT2D eigenvalue weighted by Gasteiger charge is 2.51. The first-order chi connectivity index (χ1) is 15.3. The van der Waals surface area contributed by atoms with Crippen molar-refractivity contribution in [1.29, 1.82) is 0 Å². The van der Waals surface area contributed by atoms with Crippen LogP contribution in [-0.2, 0) is 18.4 Å². The Bertz CT molecular complexity index is 952. The Balaban J connectivity index is 1.50. The number of fused-ring (bicyclic) bond motifs is 3. The van der Waals surface area contributed by atoms with Crippen LogP contribution in [0.5, 0.6) is 11.5 Å². The minimum atomic E-state index is 0.293. The van der Waals surface area contributed by atoms with Gasteiger partial charge in [0.25, 0.3) is 0 Å². The number of hydrogen-bond donors (Lipinski definition) is 1. The molecule has 0 aliphatic heterocycles. The minimum Gasteiger partial charge on any atom is -0.493 e. The lowest BCUT2D eigenvalue weighted by molar-refractivity contribution is 0.0257. The predicted octanol–water partition coefficient (Wildman–Crippen LogP) is 6.63. The highest BCUT2D eigenvalue weighted by molar-refractivity contribution is 5.43. The second-order valence-corrected chi connectivity index (χ2v) is 10.9. The van der Waals surface area contributed by atoms with Gasteiger partial charge in [-0.05, 0) is 82.7 Å². The maximum absolute atomic E-state index is 5.48. The molecule has 32 heavy (non-hydrogen) atoms. The summed E-state index contributed by atoms with van der Waals surface area (Å²) in [5, 5.41) is 3.80. The van der Waals surface area contributed by atoms with Gasteiger partial charge in [-0.3, -0.25) is 0 Å². The van der Waals surface area contributed by atoms with E-state index in [-0.39, 0.29) is 0 Å². The maximum atomic E-state index is 5.48. The van der Waals surface area contributed by atoms with Crippen molar-refractivity contribution >= 4 is 0 Å². The molecule has 2 aromatic carbocycles. The number of methoxy groups -OCH3 is 2. The van der Waals surface area contributed by atoms with Crippen molar-refractivity contribution in [2.75, 3.05) is 20.8 Å². The fraction of sp³-hybridized carbons (Fsp3) is 0.586. The van der Waals surface area contributed by atoms with Crippen LogP contribution in [0.15, 0.2) is 36.4 Å². The largest absolute Gasteiger partial charge is 0.493 e. The predicted molar refractivity (Wildman–Crippen MR) is 133 cm³/mol. The Morgan fingerprint density at radius 3 is 2.50 bits per heavy atom. The van der Waals surface area contributed by atoms with Crippen LogP contribution >= 0.6 is 0 Å². The molecule has 3 nitrogen and oxygen atoms in total. The van der Waals surface area contributed by atoms with Crippen LogP contribution in [0.3, 0.4) is 0 Å². The van der Waals surface area contributed by atoms with E-state index in [0.717, 1.165) is 30.5 Å². The van der Waals surface area contributed by atoms with Crippen LogP contribution in [0.4, 0.5) is 0 Å². The molecule has 4 rings (SSSR count). The van der Waals surface area contributed by atoms with E-state index in [1.54, 1.807) is 25.3 Å². The first-order valence-electron chi connectivity index (χ1n) is 12.4. The second kappa shape index (κ2) is 9.09. The van der Waals surface area contributed by atoms with Gasteiger partial charge in [0, 0.05) is 13.1 Å². The summed E-state index contributed by atoms with van der Waals surface area (Å²) in [5.74, 6) is 2.91. The molecule has 174 valence electrons. The Morgan fingerprint density at radius 1 is 1.00 bits per heavy atom. The summed E-state index contributed by atoms with van der Waals surface area (Å²) < 4.78 is 10.9. The molecule has 0 radical (unpaired) electrons. The molecule has 1 fully saturated rings. The zero-order valence-corrected chi connectivity index (χ0v) is 20.9. The maximum Gasteiger partial charge on any atom is 0.161 e. The molecule has 0 saturated heterocycles. The van der Waals surface area contributed by atoms with Crippen molar-refractivity contribution in [2.24, 2.45) is 11.3 Å². The normalized spacial score (nSPS) is 27.0. The number of hydrogen-bond acceptors (Lipinski definition) is 3. The summed E-state index contributed by atoms with van der Waals surface area (Å²) in [5.41, 5.74) is 6.57. The highest BCUT2D eigenvalue weighted by atomic mass is 16.5. The van der Waals surface area contributed by atoms with Crippen molar-refractivity contribution in [2.45, 2.75) is 77.7 Å². The van der Waals surface area contributed by atoms with Gasteiger partial charge in [0.2, 0.25) is 0 Å². The molecule has 1 saturated carbocycles. The molecule has 0 spiro atoms. The van der Waals surface area contributed by atoms with Crippen molar-refractivity contribution in [3.05, 3.63) is 58.7 Å². The number of benzene rings is 2. The standard InChI is InChI=1S/C29H41NO2/c1-20(2)22-9-11-24-23(17-22)10-13-27-28(3,14-7-15-29(24,27)4)19-30-18-21-8-12-25(31-5)26(16-21)32-6/h8-9,11-12,16-17,20,27,30H,7,10,13-15,18-19H2,1-6H3/t27-,28-,29+/m0/s1. The molecule has 2 aliphatic carbocycles. The quantitative estimate of drug-likeness (QED) is 0.530. The summed E-state index contributed by atoms with van der Waals surface area (Å²) in [6.45, 7) is 11.6. The molecule has 2 aromatic rings. The first kappa shape index (κ1) is 23.2. The average Bonchev–Trinajstić information content (AvgIpc) is 2.78. The molecule has 2 aliphatic rings. The zero-order chi connectivity index (χ0) is 22.9. The van der Waals surface area contributed by atoms with Gasteiger partial charge in [0.15, 0.2) is 11.5 Å². The number of aryl methyl sites for hydroxylation is 1. The van der Waals surface area contributed by atoms with E-state index in [2.05, 4.69) is 63.3 Å². The van der Waals surface area contributed by atoms with Crippen LogP contribution in [0, 0.1) is 11.3 Å². The lowest BCUT2D eigenvalue weighted by Crippen LogP contribution is -2.52. The lowest BCUT2D eigenvalue weighted by atomic mass is 9.49. The van der Waals surface area contributed by atoms with E-state index >= 15 is 0 Å². The third kappa shape index (κ3) is 4.17. The Kier molecular flexibility index (Phi) is 6.58. The summed E-state index contributed by atoms with van der Waals surface area (Å²) in [7, 11) is 3.38. The van der Waals surface area contributed by atoms with Crippen LogP contribution in [0.25, 0.3) is 0 Å². The third-order valence-electron chi connectivity index (χ3n) is 8.47. The van der Waals surface area contributed by atoms with Crippen LogP contribution in [0.1, 0.15) is 81.5 Å². The first-order valence-corrected chi connectivity index (χ1v) is 12.4. The number of nitrogens with one attached hydrogen (secondary N) is 1. The van der Waals surface area contributed by atoms with Crippen LogP contribution in [-0.4, -0.2) is 20.8 Å². The van der Waals surface area contributed by atoms with E-state index in [9.17, 15) is 0 Å². The SMILES string of the molecule is COc1ccc(CNC[C@]2(C)CCC[C@]3(C)c4ccc(C(C)C)cc4CC[C@@H]23)cc1OC. The average molecular weight is 436 g/mol. The Labute approximate surface area is 194 Å². The van der Waals surface area contributed by atoms with Crippen molar-refractivity contribution in [3.63, 3.8) is 0 Å². The summed E-state index contributed by atoms with van der Waals surface area (Å²) >= 11 is 0. The monoisotopic (exact) mass is 435 g/mol. The topological polar surface area (TPSA) is 30.5 Å². The number of ether oxygens (including phenoxy) is 2. The van der Waals surface area contributed by atoms with Gasteiger partial charge in [-0.1, -0.05) is 58.4 Å². The lowest BCUT2D eigenvalue weighted by Gasteiger charge is -2.55. The molecule has 0 aromatic heterocycles. The molecule has 0 unspecified atom stereocenters. The van der Waals surface area contributed by atoms with Crippen molar-refractivity contribution in [1.82, 2.24) is 5.32 Å². The van der Waals surface area contributed by atoms with Gasteiger partial charge in [0.05, 0.1) is 14.2 Å². The van der Waals surface area contributed by atoms with Crippen molar-refractivity contribution in [3.8, 4) is 11.5 Å². The summed E-state index contributed by atoms with van der Waals surface area (Å²) in [4.78, 5) is 0. The van der Waals surface area contributed by atoms with Crippen molar-refractivity contribution < 1.29 is 9.47 Å². The van der Waals surface area contributed by atoms with Gasteiger partial charge in [0.1, 0.15) is 0 Å². The van der Waals surface area contributed by atoms with Gasteiger partial charge < -0.3 is 14.8 Å². The zero-order valence-electron chi connectivity index (χ0n) is 20.9. The molecule has 3 atom stereocenters. The molecule has 0 heterocycles. The van der Waals surface area contributed by atoms with Gasteiger partial charge in [-0.2, -0.15) is 0 Å². The fourth-order valence-electron chi connectivity index (χ4n) is 6.70. The third-order valence-corrected chi connectivity index (χ3v) is 8.47. The van der Waals surface area contributed by atoms with Crippen LogP contribution in [0.2, 0.25) is 0 Å². The summed E-state index contributed by atoms with van der Waals surface area (Å²) in [6.07, 6.45) is 6.47. The van der Waals surface area contributed by atoms with E-state index in [1.165, 1.54) is 43.2 Å². The Hall–Kier alpha value is -2.00. The molecule has 0 amide bonds. The molecule has 3 heteroatoms. The van der Waals surface area contributed by atoms with E-state index in [4.69, 9.17) is 9.47 Å². The van der Waals surface area contributed by atoms with E-state index in [1.807, 2.05) is 6.07 Å². The Morgan fingerprint density at radius 2 is 1.78 bits per heavy atom. The fourth-order valence-corrected chi connectivity index (χ4v) is 6.70. The summed E-state index contributed by atoms with van der Waals surface area (Å²) in [6, 6.07) is 13.6. The van der Waals surface area contributed by atoms with Gasteiger partial charge >= 0.3 is 0 Å². The minimum absolute atomic E-state index is 0.293.